The average Bonchev–Trinajstić information content (AvgIpc) is 2.44. The van der Waals surface area contributed by atoms with E-state index in [1.54, 1.807) is 32.2 Å². The molecule has 0 aromatic heterocycles. The van der Waals surface area contributed by atoms with Gasteiger partial charge < -0.3 is 4.90 Å². The largest absolute Gasteiger partial charge is 0.338 e. The zero-order chi connectivity index (χ0) is 16.0. The Kier molecular flexibility index (Phi) is 6.42. The van der Waals surface area contributed by atoms with Crippen molar-refractivity contribution < 1.29 is 13.2 Å². The van der Waals surface area contributed by atoms with Crippen molar-refractivity contribution in [1.82, 2.24) is 4.90 Å². The summed E-state index contributed by atoms with van der Waals surface area (Å²) in [5, 5.41) is 0.619. The second-order valence-electron chi connectivity index (χ2n) is 4.86. The quantitative estimate of drug-likeness (QED) is 0.754. The molecule has 0 aliphatic carbocycles. The fraction of sp³-hybridized carbons (Fsp3) is 0.400. The first kappa shape index (κ1) is 17.7. The Bertz CT molecular complexity index is 608. The number of hydrogen-bond donors (Lipinski definition) is 0. The van der Waals surface area contributed by atoms with Gasteiger partial charge in [0.25, 0.3) is 0 Å². The smallest absolute Gasteiger partial charge is 0.238 e. The average molecular weight is 330 g/mol. The van der Waals surface area contributed by atoms with E-state index in [0.717, 1.165) is 5.56 Å². The Morgan fingerprint density at radius 2 is 1.90 bits per heavy atom. The molecule has 1 amide bonds. The highest BCUT2D eigenvalue weighted by Gasteiger charge is 2.22. The van der Waals surface area contributed by atoms with Gasteiger partial charge in [0.15, 0.2) is 9.84 Å². The number of sulfone groups is 1. The van der Waals surface area contributed by atoms with Gasteiger partial charge in [-0.3, -0.25) is 4.79 Å². The number of nitrogens with zero attached hydrogens (tertiary/aromatic N) is 1. The maximum absolute atomic E-state index is 12.1. The molecule has 1 aromatic rings. The van der Waals surface area contributed by atoms with Gasteiger partial charge in [0.05, 0.1) is 11.8 Å². The summed E-state index contributed by atoms with van der Waals surface area (Å²) in [7, 11) is -1.81. The highest BCUT2D eigenvalue weighted by atomic mass is 35.5. The molecule has 1 aromatic carbocycles. The third-order valence-electron chi connectivity index (χ3n) is 3.26. The highest BCUT2D eigenvalue weighted by molar-refractivity contribution is 7.92. The molecule has 0 heterocycles. The van der Waals surface area contributed by atoms with Crippen LogP contribution in [0.1, 0.15) is 25.5 Å². The van der Waals surface area contributed by atoms with Crippen LogP contribution in [0.2, 0.25) is 5.02 Å². The minimum absolute atomic E-state index is 0.113. The Morgan fingerprint density at radius 3 is 2.43 bits per heavy atom. The van der Waals surface area contributed by atoms with Crippen molar-refractivity contribution in [3.63, 3.8) is 0 Å². The predicted octanol–water partition coefficient (Wildman–Crippen LogP) is 2.85. The molecule has 0 N–H and O–H groups in total. The van der Waals surface area contributed by atoms with Gasteiger partial charge in [-0.05, 0) is 31.5 Å². The molecule has 0 saturated heterocycles. The topological polar surface area (TPSA) is 54.5 Å². The lowest BCUT2D eigenvalue weighted by molar-refractivity contribution is -0.129. The number of carbonyl (C=O) groups excluding carboxylic acids is 1. The third-order valence-corrected chi connectivity index (χ3v) is 4.90. The minimum atomic E-state index is -3.41. The molecule has 1 atom stereocenters. The van der Waals surface area contributed by atoms with Gasteiger partial charge in [0.2, 0.25) is 5.91 Å². The molecular formula is C15H20ClNO3S. The monoisotopic (exact) mass is 329 g/mol. The van der Waals surface area contributed by atoms with Gasteiger partial charge in [-0.25, -0.2) is 8.42 Å². The van der Waals surface area contributed by atoms with Crippen LogP contribution in [0.5, 0.6) is 0 Å². The van der Waals surface area contributed by atoms with Crippen LogP contribution in [0.25, 0.3) is 0 Å². The summed E-state index contributed by atoms with van der Waals surface area (Å²) < 4.78 is 23.6. The Hall–Kier alpha value is -1.33. The molecule has 0 fully saturated rings. The van der Waals surface area contributed by atoms with E-state index >= 15 is 0 Å². The van der Waals surface area contributed by atoms with Gasteiger partial charge in [-0.2, -0.15) is 0 Å². The molecule has 0 bridgehead atoms. The molecule has 4 nitrogen and oxygen atoms in total. The molecule has 0 radical (unpaired) electrons. The zero-order valence-electron chi connectivity index (χ0n) is 12.4. The van der Waals surface area contributed by atoms with Crippen molar-refractivity contribution in [1.29, 1.82) is 0 Å². The lowest BCUT2D eigenvalue weighted by Gasteiger charge is -2.25. The molecular weight excluding hydrogens is 310 g/mol. The van der Waals surface area contributed by atoms with Crippen molar-refractivity contribution in [2.24, 2.45) is 0 Å². The van der Waals surface area contributed by atoms with Crippen LogP contribution in [0.3, 0.4) is 0 Å². The van der Waals surface area contributed by atoms with Crippen molar-refractivity contribution in [3.05, 3.63) is 47.0 Å². The van der Waals surface area contributed by atoms with Crippen LogP contribution < -0.4 is 0 Å². The molecule has 6 heteroatoms. The fourth-order valence-electron chi connectivity index (χ4n) is 1.77. The fourth-order valence-corrected chi connectivity index (χ4v) is 3.08. The second-order valence-corrected chi connectivity index (χ2v) is 7.40. The zero-order valence-corrected chi connectivity index (χ0v) is 14.0. The van der Waals surface area contributed by atoms with Crippen LogP contribution >= 0.6 is 11.6 Å². The van der Waals surface area contributed by atoms with Gasteiger partial charge in [-0.15, -0.1) is 0 Å². The van der Waals surface area contributed by atoms with Gasteiger partial charge >= 0.3 is 0 Å². The Morgan fingerprint density at radius 1 is 1.33 bits per heavy atom. The molecule has 0 aliphatic heterocycles. The van der Waals surface area contributed by atoms with Crippen molar-refractivity contribution in [2.45, 2.75) is 19.9 Å². The van der Waals surface area contributed by atoms with E-state index in [1.807, 2.05) is 19.1 Å². The summed E-state index contributed by atoms with van der Waals surface area (Å²) in [4.78, 5) is 13.5. The van der Waals surface area contributed by atoms with Crippen LogP contribution in [0.4, 0.5) is 0 Å². The van der Waals surface area contributed by atoms with Crippen molar-refractivity contribution in [3.8, 4) is 0 Å². The van der Waals surface area contributed by atoms with Crippen LogP contribution in [0, 0.1) is 0 Å². The van der Waals surface area contributed by atoms with E-state index in [4.69, 9.17) is 11.6 Å². The lowest BCUT2D eigenvalue weighted by atomic mass is 10.1. The Balaban J connectivity index is 2.76. The van der Waals surface area contributed by atoms with Crippen LogP contribution in [0.15, 0.2) is 36.4 Å². The van der Waals surface area contributed by atoms with Crippen LogP contribution in [-0.2, 0) is 14.6 Å². The van der Waals surface area contributed by atoms with Gasteiger partial charge in [-0.1, -0.05) is 35.9 Å². The number of amides is 1. The number of halogens is 1. The number of benzene rings is 1. The van der Waals surface area contributed by atoms with E-state index in [1.165, 1.54) is 11.0 Å². The molecule has 0 saturated carbocycles. The summed E-state index contributed by atoms with van der Waals surface area (Å²) in [6, 6.07) is 6.92. The maximum Gasteiger partial charge on any atom is 0.238 e. The van der Waals surface area contributed by atoms with Crippen molar-refractivity contribution >= 4 is 27.3 Å². The Labute approximate surface area is 131 Å². The number of allylic oxidation sites excluding steroid dienone is 1. The maximum atomic E-state index is 12.1. The lowest BCUT2D eigenvalue weighted by Crippen LogP contribution is -2.35. The van der Waals surface area contributed by atoms with E-state index in [9.17, 15) is 13.2 Å². The number of hydrogen-bond acceptors (Lipinski definition) is 3. The molecule has 21 heavy (non-hydrogen) atoms. The third kappa shape index (κ3) is 5.52. The van der Waals surface area contributed by atoms with E-state index in [2.05, 4.69) is 0 Å². The normalized spacial score (nSPS) is 13.3. The van der Waals surface area contributed by atoms with E-state index in [-0.39, 0.29) is 11.8 Å². The van der Waals surface area contributed by atoms with Gasteiger partial charge in [0.1, 0.15) is 5.75 Å². The van der Waals surface area contributed by atoms with Gasteiger partial charge in [0, 0.05) is 12.1 Å². The summed E-state index contributed by atoms with van der Waals surface area (Å²) in [5.41, 5.74) is 0.904. The first-order valence-corrected chi connectivity index (χ1v) is 8.79. The second kappa shape index (κ2) is 7.61. The standard InChI is InChI=1S/C15H20ClNO3S/c1-4-5-10-21(19,20)11-15(18)17(3)12(2)13-6-8-14(16)9-7-13/h4-9,12H,10-11H2,1-3H3/b5-4+. The molecule has 0 aliphatic rings. The molecule has 116 valence electrons. The molecule has 1 unspecified atom stereocenters. The summed E-state index contributed by atoms with van der Waals surface area (Å²) in [6.07, 6.45) is 3.19. The predicted molar refractivity (Wildman–Crippen MR) is 86.1 cm³/mol. The molecule has 1 rings (SSSR count). The molecule has 0 spiro atoms. The number of carbonyl (C=O) groups is 1. The first-order chi connectivity index (χ1) is 9.76. The summed E-state index contributed by atoms with van der Waals surface area (Å²) in [5.74, 6) is -1.01. The first-order valence-electron chi connectivity index (χ1n) is 6.59. The minimum Gasteiger partial charge on any atom is -0.338 e. The van der Waals surface area contributed by atoms with E-state index < -0.39 is 21.5 Å². The summed E-state index contributed by atoms with van der Waals surface area (Å²) >= 11 is 5.83. The van der Waals surface area contributed by atoms with E-state index in [0.29, 0.717) is 5.02 Å². The SMILES string of the molecule is C/C=C/CS(=O)(=O)CC(=O)N(C)C(C)c1ccc(Cl)cc1. The van der Waals surface area contributed by atoms with Crippen molar-refractivity contribution in [2.75, 3.05) is 18.6 Å². The van der Waals surface area contributed by atoms with Crippen LogP contribution in [-0.4, -0.2) is 37.8 Å². The highest BCUT2D eigenvalue weighted by Crippen LogP contribution is 2.21. The summed E-state index contributed by atoms with van der Waals surface area (Å²) in [6.45, 7) is 3.59. The number of rotatable bonds is 6.